The Morgan fingerprint density at radius 1 is 1.32 bits per heavy atom. The molecule has 9 heteroatoms. The van der Waals surface area contributed by atoms with Crippen LogP contribution in [0.15, 0.2) is 52.8 Å². The molecule has 1 atom stereocenters. The summed E-state index contributed by atoms with van der Waals surface area (Å²) < 4.78 is 8.82. The van der Waals surface area contributed by atoms with Gasteiger partial charge in [0.25, 0.3) is 5.56 Å². The van der Waals surface area contributed by atoms with Crippen molar-refractivity contribution >= 4 is 28.7 Å². The van der Waals surface area contributed by atoms with E-state index in [1.807, 2.05) is 0 Å². The lowest BCUT2D eigenvalue weighted by Crippen LogP contribution is -2.40. The third-order valence-corrected chi connectivity index (χ3v) is 4.55. The van der Waals surface area contributed by atoms with Crippen LogP contribution < -0.4 is 11.2 Å². The summed E-state index contributed by atoms with van der Waals surface area (Å²) in [5.41, 5.74) is -0.357. The summed E-state index contributed by atoms with van der Waals surface area (Å²) in [6, 6.07) is 5.79. The maximum Gasteiger partial charge on any atom is 0.337 e. The van der Waals surface area contributed by atoms with Crippen LogP contribution in [0.25, 0.3) is 16.9 Å². The number of halogens is 1. The number of ether oxygens (including phenoxy) is 1. The molecule has 0 N–H and O–H groups in total. The van der Waals surface area contributed by atoms with Crippen molar-refractivity contribution in [2.24, 2.45) is 0 Å². The van der Waals surface area contributed by atoms with Crippen molar-refractivity contribution in [2.75, 3.05) is 6.61 Å². The first-order chi connectivity index (χ1) is 13.4. The molecule has 0 radical (unpaired) electrons. The SMILES string of the molecule is C=CCn1c(=O)c2c(ncn2[C@@H](C)C(=O)OCC)n(-c2ccc(Cl)cc2)c1=O. The molecule has 8 nitrogen and oxygen atoms in total. The fourth-order valence-electron chi connectivity index (χ4n) is 2.93. The molecule has 28 heavy (non-hydrogen) atoms. The number of carbonyl (C=O) groups excluding carboxylic acids is 1. The van der Waals surface area contributed by atoms with Crippen LogP contribution in [-0.4, -0.2) is 31.3 Å². The van der Waals surface area contributed by atoms with Crippen LogP contribution >= 0.6 is 11.6 Å². The molecule has 0 saturated heterocycles. The fraction of sp³-hybridized carbons (Fsp3) is 0.263. The third-order valence-electron chi connectivity index (χ3n) is 4.30. The van der Waals surface area contributed by atoms with Gasteiger partial charge in [0.2, 0.25) is 0 Å². The lowest BCUT2D eigenvalue weighted by atomic mass is 10.3. The van der Waals surface area contributed by atoms with Crippen molar-refractivity contribution < 1.29 is 9.53 Å². The first-order valence-electron chi connectivity index (χ1n) is 8.66. The molecule has 2 aromatic heterocycles. The Morgan fingerprint density at radius 3 is 2.61 bits per heavy atom. The highest BCUT2D eigenvalue weighted by Crippen LogP contribution is 2.19. The van der Waals surface area contributed by atoms with Gasteiger partial charge in [0.05, 0.1) is 18.6 Å². The molecule has 2 heterocycles. The number of imidazole rings is 1. The zero-order valence-electron chi connectivity index (χ0n) is 15.5. The lowest BCUT2D eigenvalue weighted by Gasteiger charge is -2.15. The van der Waals surface area contributed by atoms with Crippen molar-refractivity contribution in [3.05, 3.63) is 69.1 Å². The van der Waals surface area contributed by atoms with Crippen molar-refractivity contribution in [1.82, 2.24) is 18.7 Å². The number of aromatic nitrogens is 4. The van der Waals surface area contributed by atoms with Crippen LogP contribution in [0.2, 0.25) is 5.02 Å². The van der Waals surface area contributed by atoms with Crippen LogP contribution in [0, 0.1) is 0 Å². The number of fused-ring (bicyclic) bond motifs is 1. The van der Waals surface area contributed by atoms with Gasteiger partial charge in [-0.2, -0.15) is 0 Å². The van der Waals surface area contributed by atoms with E-state index in [2.05, 4.69) is 11.6 Å². The van der Waals surface area contributed by atoms with Gasteiger partial charge in [0.15, 0.2) is 11.2 Å². The van der Waals surface area contributed by atoms with Crippen LogP contribution in [0.1, 0.15) is 19.9 Å². The maximum absolute atomic E-state index is 13.0. The number of hydrogen-bond donors (Lipinski definition) is 0. The number of hydrogen-bond acceptors (Lipinski definition) is 5. The highest BCUT2D eigenvalue weighted by Gasteiger charge is 2.24. The zero-order valence-corrected chi connectivity index (χ0v) is 16.2. The second-order valence-electron chi connectivity index (χ2n) is 6.05. The van der Waals surface area contributed by atoms with E-state index in [4.69, 9.17) is 16.3 Å². The van der Waals surface area contributed by atoms with E-state index in [1.54, 1.807) is 38.1 Å². The van der Waals surface area contributed by atoms with Crippen molar-refractivity contribution in [3.63, 3.8) is 0 Å². The number of esters is 1. The second kappa shape index (κ2) is 7.85. The van der Waals surface area contributed by atoms with Gasteiger partial charge in [-0.3, -0.25) is 9.36 Å². The van der Waals surface area contributed by atoms with Crippen molar-refractivity contribution in [1.29, 1.82) is 0 Å². The highest BCUT2D eigenvalue weighted by molar-refractivity contribution is 6.30. The number of benzene rings is 1. The number of rotatable bonds is 6. The average molecular weight is 403 g/mol. The molecule has 0 aliphatic heterocycles. The molecule has 0 bridgehead atoms. The normalized spacial score (nSPS) is 12.1. The summed E-state index contributed by atoms with van der Waals surface area (Å²) in [6.45, 7) is 7.14. The van der Waals surface area contributed by atoms with Gasteiger partial charge in [-0.25, -0.2) is 19.1 Å². The number of carbonyl (C=O) groups is 1. The Balaban J connectivity index is 2.36. The number of allylic oxidation sites excluding steroid dienone is 1. The molecule has 0 unspecified atom stereocenters. The Labute approximate surface area is 165 Å². The van der Waals surface area contributed by atoms with Gasteiger partial charge < -0.3 is 9.30 Å². The Hall–Kier alpha value is -3.13. The monoisotopic (exact) mass is 402 g/mol. The zero-order chi connectivity index (χ0) is 20.4. The molecule has 0 saturated carbocycles. The Morgan fingerprint density at radius 2 is 2.00 bits per heavy atom. The minimum atomic E-state index is -0.786. The molecule has 3 rings (SSSR count). The van der Waals surface area contributed by atoms with E-state index in [1.165, 1.54) is 21.5 Å². The standard InChI is InChI=1S/C19H19ClN4O4/c1-4-10-22-17(25)15-16(21-11-23(15)12(3)18(26)28-5-2)24(19(22)27)14-8-6-13(20)7-9-14/h4,6-9,11-12H,1,5,10H2,2-3H3/t12-/m0/s1. The summed E-state index contributed by atoms with van der Waals surface area (Å²) in [6.07, 6.45) is 2.81. The lowest BCUT2D eigenvalue weighted by molar-refractivity contribution is -0.146. The van der Waals surface area contributed by atoms with Crippen LogP contribution in [-0.2, 0) is 16.1 Å². The molecule has 1 aromatic carbocycles. The minimum Gasteiger partial charge on any atom is -0.464 e. The number of nitrogens with zero attached hydrogens (tertiary/aromatic N) is 4. The van der Waals surface area contributed by atoms with Crippen molar-refractivity contribution in [3.8, 4) is 5.69 Å². The Kier molecular flexibility index (Phi) is 5.51. The van der Waals surface area contributed by atoms with Gasteiger partial charge in [-0.1, -0.05) is 17.7 Å². The predicted octanol–water partition coefficient (Wildman–Crippen LogP) is 2.31. The molecule has 0 spiro atoms. The average Bonchev–Trinajstić information content (AvgIpc) is 3.11. The summed E-state index contributed by atoms with van der Waals surface area (Å²) in [5, 5.41) is 0.508. The van der Waals surface area contributed by atoms with Gasteiger partial charge in [0.1, 0.15) is 6.04 Å². The molecule has 0 aliphatic carbocycles. The quantitative estimate of drug-likeness (QED) is 0.466. The first kappa shape index (κ1) is 19.6. The van der Waals surface area contributed by atoms with Gasteiger partial charge in [0, 0.05) is 11.6 Å². The molecule has 146 valence electrons. The van der Waals surface area contributed by atoms with E-state index >= 15 is 0 Å². The summed E-state index contributed by atoms with van der Waals surface area (Å²) in [5.74, 6) is -0.499. The van der Waals surface area contributed by atoms with E-state index in [-0.39, 0.29) is 24.3 Å². The summed E-state index contributed by atoms with van der Waals surface area (Å²) >= 11 is 5.95. The fourth-order valence-corrected chi connectivity index (χ4v) is 3.06. The van der Waals surface area contributed by atoms with E-state index in [9.17, 15) is 14.4 Å². The molecular formula is C19H19ClN4O4. The van der Waals surface area contributed by atoms with Gasteiger partial charge in [-0.15, -0.1) is 6.58 Å². The van der Waals surface area contributed by atoms with E-state index in [0.29, 0.717) is 10.7 Å². The molecular weight excluding hydrogens is 384 g/mol. The first-order valence-corrected chi connectivity index (χ1v) is 9.04. The van der Waals surface area contributed by atoms with Gasteiger partial charge >= 0.3 is 11.7 Å². The predicted molar refractivity (Wildman–Crippen MR) is 106 cm³/mol. The third kappa shape index (κ3) is 3.27. The van der Waals surface area contributed by atoms with E-state index < -0.39 is 23.3 Å². The van der Waals surface area contributed by atoms with Crippen LogP contribution in [0.5, 0.6) is 0 Å². The Bertz CT molecular complexity index is 1160. The summed E-state index contributed by atoms with van der Waals surface area (Å²) in [4.78, 5) is 42.4. The maximum atomic E-state index is 13.0. The van der Waals surface area contributed by atoms with Gasteiger partial charge in [-0.05, 0) is 38.1 Å². The summed E-state index contributed by atoms with van der Waals surface area (Å²) in [7, 11) is 0. The van der Waals surface area contributed by atoms with Crippen LogP contribution in [0.3, 0.4) is 0 Å². The highest BCUT2D eigenvalue weighted by atomic mass is 35.5. The van der Waals surface area contributed by atoms with E-state index in [0.717, 1.165) is 4.57 Å². The minimum absolute atomic E-state index is 0.0141. The molecule has 3 aromatic rings. The molecule has 0 aliphatic rings. The van der Waals surface area contributed by atoms with Crippen molar-refractivity contribution in [2.45, 2.75) is 26.4 Å². The topological polar surface area (TPSA) is 88.1 Å². The second-order valence-corrected chi connectivity index (χ2v) is 6.49. The van der Waals surface area contributed by atoms with Crippen LogP contribution in [0.4, 0.5) is 0 Å². The molecule has 0 amide bonds. The molecule has 0 fully saturated rings. The largest absolute Gasteiger partial charge is 0.464 e. The smallest absolute Gasteiger partial charge is 0.337 e.